The molecule has 0 unspecified atom stereocenters. The maximum Gasteiger partial charge on any atom is 0.267 e. The Morgan fingerprint density at radius 3 is 2.24 bits per heavy atom. The molecular weight excluding hydrogens is 338 g/mol. The SMILES string of the molecule is CC(C)CNC(=O)c1ccc(NS(=O)(=O)c2ccc(C(C)C)cc2)[nH]1. The summed E-state index contributed by atoms with van der Waals surface area (Å²) in [5.41, 5.74) is 1.39. The maximum atomic E-state index is 12.4. The van der Waals surface area contributed by atoms with Gasteiger partial charge in [-0.15, -0.1) is 0 Å². The lowest BCUT2D eigenvalue weighted by Gasteiger charge is -2.09. The van der Waals surface area contributed by atoms with Crippen LogP contribution < -0.4 is 10.0 Å². The molecule has 2 rings (SSSR count). The number of benzene rings is 1. The van der Waals surface area contributed by atoms with E-state index in [4.69, 9.17) is 0 Å². The van der Waals surface area contributed by atoms with Gasteiger partial charge in [0.15, 0.2) is 0 Å². The minimum atomic E-state index is -3.71. The molecule has 0 aliphatic carbocycles. The second kappa shape index (κ2) is 7.74. The number of hydrogen-bond donors (Lipinski definition) is 3. The normalized spacial score (nSPS) is 11.8. The van der Waals surface area contributed by atoms with Gasteiger partial charge in [-0.2, -0.15) is 0 Å². The summed E-state index contributed by atoms with van der Waals surface area (Å²) in [5.74, 6) is 0.661. The van der Waals surface area contributed by atoms with Crippen molar-refractivity contribution >= 4 is 21.7 Å². The lowest BCUT2D eigenvalue weighted by Crippen LogP contribution is -2.27. The lowest BCUT2D eigenvalue weighted by atomic mass is 10.0. The van der Waals surface area contributed by atoms with Crippen LogP contribution in [0.3, 0.4) is 0 Å². The van der Waals surface area contributed by atoms with Crippen molar-refractivity contribution < 1.29 is 13.2 Å². The fourth-order valence-electron chi connectivity index (χ4n) is 2.21. The van der Waals surface area contributed by atoms with Crippen molar-refractivity contribution in [2.45, 2.75) is 38.5 Å². The molecule has 1 aromatic heterocycles. The lowest BCUT2D eigenvalue weighted by molar-refractivity contribution is 0.0944. The zero-order valence-electron chi connectivity index (χ0n) is 15.0. The molecule has 0 atom stereocenters. The van der Waals surface area contributed by atoms with Crippen LogP contribution in [0.4, 0.5) is 5.82 Å². The highest BCUT2D eigenvalue weighted by Crippen LogP contribution is 2.19. The van der Waals surface area contributed by atoms with E-state index in [2.05, 4.69) is 15.0 Å². The fourth-order valence-corrected chi connectivity index (χ4v) is 3.24. The number of carbonyl (C=O) groups excluding carboxylic acids is 1. The van der Waals surface area contributed by atoms with Crippen LogP contribution in [0.2, 0.25) is 0 Å². The van der Waals surface area contributed by atoms with Crippen LogP contribution in [0.1, 0.15) is 49.7 Å². The van der Waals surface area contributed by atoms with Crippen LogP contribution in [0.5, 0.6) is 0 Å². The van der Waals surface area contributed by atoms with Crippen molar-refractivity contribution in [2.75, 3.05) is 11.3 Å². The number of H-pyrrole nitrogens is 1. The first-order valence-electron chi connectivity index (χ1n) is 8.29. The van der Waals surface area contributed by atoms with E-state index in [1.165, 1.54) is 6.07 Å². The molecule has 7 heteroatoms. The largest absolute Gasteiger partial charge is 0.351 e. The predicted molar refractivity (Wildman–Crippen MR) is 99.3 cm³/mol. The van der Waals surface area contributed by atoms with Gasteiger partial charge in [0.05, 0.1) is 4.90 Å². The summed E-state index contributed by atoms with van der Waals surface area (Å²) in [4.78, 5) is 14.9. The molecule has 1 amide bonds. The monoisotopic (exact) mass is 363 g/mol. The molecule has 0 radical (unpaired) electrons. The van der Waals surface area contributed by atoms with Gasteiger partial charge in [-0.25, -0.2) is 8.42 Å². The van der Waals surface area contributed by atoms with E-state index in [1.807, 2.05) is 27.7 Å². The average Bonchev–Trinajstić information content (AvgIpc) is 3.00. The number of rotatable bonds is 7. The highest BCUT2D eigenvalue weighted by atomic mass is 32.2. The second-order valence-electron chi connectivity index (χ2n) is 6.72. The van der Waals surface area contributed by atoms with Crippen molar-refractivity contribution in [1.29, 1.82) is 0 Å². The summed E-state index contributed by atoms with van der Waals surface area (Å²) in [6.45, 7) is 8.65. The fraction of sp³-hybridized carbons (Fsp3) is 0.389. The summed E-state index contributed by atoms with van der Waals surface area (Å²) in [5, 5.41) is 2.78. The van der Waals surface area contributed by atoms with Crippen molar-refractivity contribution in [2.24, 2.45) is 5.92 Å². The molecule has 25 heavy (non-hydrogen) atoms. The van der Waals surface area contributed by atoms with Crippen LogP contribution in [0.25, 0.3) is 0 Å². The Hall–Kier alpha value is -2.28. The van der Waals surface area contributed by atoms with Crippen LogP contribution in [0, 0.1) is 5.92 Å². The Kier molecular flexibility index (Phi) is 5.89. The van der Waals surface area contributed by atoms with Crippen molar-refractivity contribution in [3.05, 3.63) is 47.7 Å². The number of sulfonamides is 1. The summed E-state index contributed by atoms with van der Waals surface area (Å²) < 4.78 is 27.4. The van der Waals surface area contributed by atoms with Crippen LogP contribution >= 0.6 is 0 Å². The quantitative estimate of drug-likeness (QED) is 0.705. The number of carbonyl (C=O) groups is 1. The third-order valence-corrected chi connectivity index (χ3v) is 5.08. The van der Waals surface area contributed by atoms with E-state index >= 15 is 0 Å². The summed E-state index contributed by atoms with van der Waals surface area (Å²) in [7, 11) is -3.71. The van der Waals surface area contributed by atoms with E-state index in [-0.39, 0.29) is 16.6 Å². The van der Waals surface area contributed by atoms with Gasteiger partial charge in [0.1, 0.15) is 11.5 Å². The van der Waals surface area contributed by atoms with E-state index < -0.39 is 10.0 Å². The number of amides is 1. The van der Waals surface area contributed by atoms with Gasteiger partial charge in [0.2, 0.25) is 0 Å². The standard InChI is InChI=1S/C18H25N3O3S/c1-12(2)11-19-18(22)16-9-10-17(20-16)21-25(23,24)15-7-5-14(6-8-15)13(3)4/h5-10,12-13,20-21H,11H2,1-4H3,(H,19,22). The number of nitrogens with one attached hydrogen (secondary N) is 3. The van der Waals surface area contributed by atoms with Crippen LogP contribution in [-0.4, -0.2) is 25.9 Å². The highest BCUT2D eigenvalue weighted by Gasteiger charge is 2.16. The molecule has 136 valence electrons. The molecule has 0 bridgehead atoms. The smallest absolute Gasteiger partial charge is 0.267 e. The van der Waals surface area contributed by atoms with Crippen molar-refractivity contribution in [3.8, 4) is 0 Å². The first kappa shape index (κ1) is 19.1. The molecule has 0 spiro atoms. The Morgan fingerprint density at radius 2 is 1.68 bits per heavy atom. The van der Waals surface area contributed by atoms with E-state index in [0.717, 1.165) is 5.56 Å². The maximum absolute atomic E-state index is 12.4. The number of aromatic nitrogens is 1. The van der Waals surface area contributed by atoms with Gasteiger partial charge in [0, 0.05) is 6.54 Å². The number of aromatic amines is 1. The Morgan fingerprint density at radius 1 is 1.04 bits per heavy atom. The first-order valence-corrected chi connectivity index (χ1v) is 9.77. The third kappa shape index (κ3) is 5.09. The molecule has 0 fully saturated rings. The molecule has 6 nitrogen and oxygen atoms in total. The molecule has 0 saturated carbocycles. The third-order valence-electron chi connectivity index (χ3n) is 3.70. The predicted octanol–water partition coefficient (Wildman–Crippen LogP) is 3.32. The topological polar surface area (TPSA) is 91.1 Å². The van der Waals surface area contributed by atoms with Crippen LogP contribution in [-0.2, 0) is 10.0 Å². The van der Waals surface area contributed by atoms with Crippen molar-refractivity contribution in [3.63, 3.8) is 0 Å². The molecule has 3 N–H and O–H groups in total. The minimum absolute atomic E-state index is 0.178. The molecule has 1 aromatic carbocycles. The zero-order valence-corrected chi connectivity index (χ0v) is 15.8. The summed E-state index contributed by atoms with van der Waals surface area (Å²) >= 11 is 0. The van der Waals surface area contributed by atoms with Gasteiger partial charge < -0.3 is 10.3 Å². The van der Waals surface area contributed by atoms with Gasteiger partial charge in [-0.3, -0.25) is 9.52 Å². The van der Waals surface area contributed by atoms with Crippen LogP contribution in [0.15, 0.2) is 41.3 Å². The number of anilines is 1. The van der Waals surface area contributed by atoms with E-state index in [1.54, 1.807) is 30.3 Å². The molecule has 0 aliphatic heterocycles. The molecule has 0 saturated heterocycles. The highest BCUT2D eigenvalue weighted by molar-refractivity contribution is 7.92. The van der Waals surface area contributed by atoms with Gasteiger partial charge >= 0.3 is 0 Å². The van der Waals surface area contributed by atoms with E-state index in [9.17, 15) is 13.2 Å². The second-order valence-corrected chi connectivity index (χ2v) is 8.40. The van der Waals surface area contributed by atoms with Gasteiger partial charge in [-0.1, -0.05) is 39.8 Å². The molecular formula is C18H25N3O3S. The summed E-state index contributed by atoms with van der Waals surface area (Å²) in [6.07, 6.45) is 0. The molecule has 2 aromatic rings. The minimum Gasteiger partial charge on any atom is -0.351 e. The average molecular weight is 363 g/mol. The Labute approximate surface area is 149 Å². The zero-order chi connectivity index (χ0) is 18.6. The van der Waals surface area contributed by atoms with Gasteiger partial charge in [-0.05, 0) is 41.7 Å². The Balaban J connectivity index is 2.09. The van der Waals surface area contributed by atoms with Crippen molar-refractivity contribution in [1.82, 2.24) is 10.3 Å². The molecule has 1 heterocycles. The Bertz CT molecular complexity index is 822. The first-order chi connectivity index (χ1) is 11.7. The molecule has 0 aliphatic rings. The number of hydrogen-bond acceptors (Lipinski definition) is 3. The van der Waals surface area contributed by atoms with Gasteiger partial charge in [0.25, 0.3) is 15.9 Å². The summed E-state index contributed by atoms with van der Waals surface area (Å²) in [6, 6.07) is 9.85. The van der Waals surface area contributed by atoms with E-state index in [0.29, 0.717) is 24.1 Å².